The van der Waals surface area contributed by atoms with Crippen molar-refractivity contribution < 1.29 is 19.6 Å². The zero-order valence-electron chi connectivity index (χ0n) is 9.67. The quantitative estimate of drug-likeness (QED) is 0.348. The van der Waals surface area contributed by atoms with Crippen LogP contribution in [0, 0.1) is 10.1 Å². The van der Waals surface area contributed by atoms with Crippen LogP contribution in [0.4, 0.5) is 5.69 Å². The Morgan fingerprint density at radius 2 is 2.28 bits per heavy atom. The highest BCUT2D eigenvalue weighted by Gasteiger charge is 2.17. The molecule has 0 heterocycles. The lowest BCUT2D eigenvalue weighted by Crippen LogP contribution is -2.03. The van der Waals surface area contributed by atoms with Gasteiger partial charge in [-0.1, -0.05) is 6.08 Å². The van der Waals surface area contributed by atoms with Gasteiger partial charge in [-0.25, -0.2) is 4.79 Å². The molecular weight excluding hydrogens is 238 g/mol. The Labute approximate surface area is 104 Å². The van der Waals surface area contributed by atoms with Gasteiger partial charge in [-0.3, -0.25) is 10.1 Å². The zero-order chi connectivity index (χ0) is 13.5. The molecule has 96 valence electrons. The van der Waals surface area contributed by atoms with E-state index >= 15 is 0 Å². The molecule has 0 aliphatic rings. The van der Waals surface area contributed by atoms with Gasteiger partial charge < -0.3 is 9.84 Å². The van der Waals surface area contributed by atoms with E-state index in [-0.39, 0.29) is 23.6 Å². The van der Waals surface area contributed by atoms with Gasteiger partial charge in [0.2, 0.25) is 0 Å². The molecule has 0 fully saturated rings. The third-order valence-electron chi connectivity index (χ3n) is 2.21. The summed E-state index contributed by atoms with van der Waals surface area (Å²) < 4.78 is 5.24. The number of allylic oxidation sites excluding steroid dienone is 1. The van der Waals surface area contributed by atoms with Crippen molar-refractivity contribution in [3.05, 3.63) is 46.5 Å². The molecule has 18 heavy (non-hydrogen) atoms. The van der Waals surface area contributed by atoms with Crippen LogP contribution in [0.1, 0.15) is 23.2 Å². The van der Waals surface area contributed by atoms with Gasteiger partial charge in [0, 0.05) is 12.1 Å². The second-order valence-corrected chi connectivity index (χ2v) is 3.52. The molecule has 1 aromatic carbocycles. The van der Waals surface area contributed by atoms with E-state index in [1.807, 2.05) is 0 Å². The van der Waals surface area contributed by atoms with Crippen molar-refractivity contribution in [3.8, 4) is 5.75 Å². The fraction of sp³-hybridized carbons (Fsp3) is 0.250. The number of nitrogens with zero attached hydrogens (tertiary/aromatic N) is 1. The van der Waals surface area contributed by atoms with Crippen LogP contribution in [0.25, 0.3) is 0 Å². The molecule has 1 N–H and O–H groups in total. The molecule has 0 bridgehead atoms. The van der Waals surface area contributed by atoms with Gasteiger partial charge in [-0.05, 0) is 18.9 Å². The number of carbonyl (C=O) groups is 1. The molecule has 0 saturated carbocycles. The molecule has 0 aliphatic heterocycles. The van der Waals surface area contributed by atoms with Crippen LogP contribution >= 0.6 is 0 Å². The molecule has 6 heteroatoms. The van der Waals surface area contributed by atoms with Gasteiger partial charge >= 0.3 is 11.7 Å². The minimum Gasteiger partial charge on any atom is -0.487 e. The topological polar surface area (TPSA) is 89.7 Å². The van der Waals surface area contributed by atoms with E-state index in [2.05, 4.69) is 6.58 Å². The summed E-state index contributed by atoms with van der Waals surface area (Å²) in [4.78, 5) is 20.9. The average Bonchev–Trinajstić information content (AvgIpc) is 2.34. The van der Waals surface area contributed by atoms with Gasteiger partial charge in [0.25, 0.3) is 0 Å². The first-order chi connectivity index (χ1) is 8.56. The second kappa shape index (κ2) is 6.39. The zero-order valence-corrected chi connectivity index (χ0v) is 9.67. The Morgan fingerprint density at radius 3 is 2.83 bits per heavy atom. The predicted molar refractivity (Wildman–Crippen MR) is 65.0 cm³/mol. The third-order valence-corrected chi connectivity index (χ3v) is 2.21. The molecule has 6 nitrogen and oxygen atoms in total. The summed E-state index contributed by atoms with van der Waals surface area (Å²) in [6, 6.07) is 3.47. The van der Waals surface area contributed by atoms with Gasteiger partial charge in [-0.2, -0.15) is 0 Å². The van der Waals surface area contributed by atoms with Crippen LogP contribution in [0.15, 0.2) is 30.9 Å². The number of unbranched alkanes of at least 4 members (excludes halogenated alkanes) is 1. The number of nitro benzene ring substituents is 1. The van der Waals surface area contributed by atoms with Crippen LogP contribution in [-0.4, -0.2) is 22.6 Å². The lowest BCUT2D eigenvalue weighted by Gasteiger charge is -2.06. The van der Waals surface area contributed by atoms with Gasteiger partial charge in [0.05, 0.1) is 17.1 Å². The molecule has 0 radical (unpaired) electrons. The summed E-state index contributed by atoms with van der Waals surface area (Å²) in [5, 5.41) is 19.6. The molecule has 0 atom stereocenters. The maximum atomic E-state index is 10.8. The SMILES string of the molecule is C=CCCCOc1cc(C(=O)O)ccc1[N+](=O)[O-]. The highest BCUT2D eigenvalue weighted by Crippen LogP contribution is 2.28. The molecule has 0 spiro atoms. The molecule has 0 saturated heterocycles. The first kappa shape index (κ1) is 13.7. The number of rotatable bonds is 7. The first-order valence-electron chi connectivity index (χ1n) is 5.31. The third kappa shape index (κ3) is 3.58. The first-order valence-corrected chi connectivity index (χ1v) is 5.31. The standard InChI is InChI=1S/C12H13NO5/c1-2-3-4-7-18-11-8-9(12(14)15)5-6-10(11)13(16)17/h2,5-6,8H,1,3-4,7H2,(H,14,15). The monoisotopic (exact) mass is 251 g/mol. The van der Waals surface area contributed by atoms with Crippen LogP contribution in [0.5, 0.6) is 5.75 Å². The maximum absolute atomic E-state index is 10.8. The van der Waals surface area contributed by atoms with Crippen molar-refractivity contribution in [2.24, 2.45) is 0 Å². The number of aromatic carboxylic acids is 1. The van der Waals surface area contributed by atoms with Crippen molar-refractivity contribution in [2.45, 2.75) is 12.8 Å². The summed E-state index contributed by atoms with van der Waals surface area (Å²) in [6.07, 6.45) is 3.11. The van der Waals surface area contributed by atoms with Crippen LogP contribution in [0.2, 0.25) is 0 Å². The van der Waals surface area contributed by atoms with E-state index in [9.17, 15) is 14.9 Å². The van der Waals surface area contributed by atoms with Crippen molar-refractivity contribution >= 4 is 11.7 Å². The number of carboxylic acids is 1. The average molecular weight is 251 g/mol. The smallest absolute Gasteiger partial charge is 0.335 e. The number of nitro groups is 1. The largest absolute Gasteiger partial charge is 0.487 e. The van der Waals surface area contributed by atoms with E-state index in [1.54, 1.807) is 6.08 Å². The Morgan fingerprint density at radius 1 is 1.56 bits per heavy atom. The lowest BCUT2D eigenvalue weighted by atomic mass is 10.2. The van der Waals surface area contributed by atoms with E-state index in [0.29, 0.717) is 6.42 Å². The Hall–Kier alpha value is -2.37. The van der Waals surface area contributed by atoms with E-state index < -0.39 is 10.9 Å². The second-order valence-electron chi connectivity index (χ2n) is 3.52. The minimum absolute atomic E-state index is 0.0241. The maximum Gasteiger partial charge on any atom is 0.335 e. The molecule has 0 aliphatic carbocycles. The van der Waals surface area contributed by atoms with E-state index in [4.69, 9.17) is 9.84 Å². The lowest BCUT2D eigenvalue weighted by molar-refractivity contribution is -0.385. The van der Waals surface area contributed by atoms with Gasteiger partial charge in [-0.15, -0.1) is 6.58 Å². The van der Waals surface area contributed by atoms with Crippen molar-refractivity contribution in [1.82, 2.24) is 0 Å². The molecule has 1 aromatic rings. The van der Waals surface area contributed by atoms with Crippen LogP contribution in [0.3, 0.4) is 0 Å². The highest BCUT2D eigenvalue weighted by atomic mass is 16.6. The fourth-order valence-corrected chi connectivity index (χ4v) is 1.32. The van der Waals surface area contributed by atoms with E-state index in [1.165, 1.54) is 6.07 Å². The Kier molecular flexibility index (Phi) is 4.86. The van der Waals surface area contributed by atoms with E-state index in [0.717, 1.165) is 18.6 Å². The summed E-state index contributed by atoms with van der Waals surface area (Å²) in [6.45, 7) is 3.82. The van der Waals surface area contributed by atoms with Crippen molar-refractivity contribution in [1.29, 1.82) is 0 Å². The van der Waals surface area contributed by atoms with Crippen LogP contribution in [-0.2, 0) is 0 Å². The van der Waals surface area contributed by atoms with Gasteiger partial charge in [0.15, 0.2) is 5.75 Å². The number of carboxylic acid groups (broad SMARTS) is 1. The summed E-state index contributed by atoms with van der Waals surface area (Å²) in [5.41, 5.74) is -0.280. The Bertz CT molecular complexity index is 470. The molecule has 1 rings (SSSR count). The molecule has 0 aromatic heterocycles. The summed E-state index contributed by atoms with van der Waals surface area (Å²) in [7, 11) is 0. The minimum atomic E-state index is -1.15. The van der Waals surface area contributed by atoms with Crippen LogP contribution < -0.4 is 4.74 Å². The number of hydrogen-bond donors (Lipinski definition) is 1. The fourth-order valence-electron chi connectivity index (χ4n) is 1.32. The van der Waals surface area contributed by atoms with Crippen molar-refractivity contribution in [3.63, 3.8) is 0 Å². The predicted octanol–water partition coefficient (Wildman–Crippen LogP) is 2.64. The number of benzene rings is 1. The Balaban J connectivity index is 2.89. The van der Waals surface area contributed by atoms with Crippen molar-refractivity contribution in [2.75, 3.05) is 6.61 Å². The number of ether oxygens (including phenoxy) is 1. The molecule has 0 unspecified atom stereocenters. The molecular formula is C12H13NO5. The summed E-state index contributed by atoms with van der Waals surface area (Å²) >= 11 is 0. The highest BCUT2D eigenvalue weighted by molar-refractivity contribution is 5.88. The molecule has 0 amide bonds. The number of hydrogen-bond acceptors (Lipinski definition) is 4. The summed E-state index contributed by atoms with van der Waals surface area (Å²) in [5.74, 6) is -1.18. The van der Waals surface area contributed by atoms with Gasteiger partial charge in [0.1, 0.15) is 0 Å². The normalized spacial score (nSPS) is 9.78.